The zero-order chi connectivity index (χ0) is 15.6. The Morgan fingerprint density at radius 2 is 1.86 bits per heavy atom. The molecule has 0 spiro atoms. The fourth-order valence-corrected chi connectivity index (χ4v) is 3.08. The lowest BCUT2D eigenvalue weighted by Gasteiger charge is -2.41. The second kappa shape index (κ2) is 6.10. The highest BCUT2D eigenvalue weighted by Gasteiger charge is 2.42. The average Bonchev–Trinajstić information content (AvgIpc) is 2.58. The monoisotopic (exact) mass is 305 g/mol. The summed E-state index contributed by atoms with van der Waals surface area (Å²) in [5.74, 6) is -1.80. The first-order valence-corrected chi connectivity index (χ1v) is 7.26. The van der Waals surface area contributed by atoms with Crippen LogP contribution in [0.3, 0.4) is 0 Å². The van der Waals surface area contributed by atoms with Crippen molar-refractivity contribution >= 4 is 0 Å². The number of benzene rings is 1. The van der Waals surface area contributed by atoms with Crippen molar-refractivity contribution in [3.63, 3.8) is 0 Å². The Morgan fingerprint density at radius 1 is 1.09 bits per heavy atom. The lowest BCUT2D eigenvalue weighted by atomic mass is 9.69. The Balaban J connectivity index is 2.06. The third-order valence-electron chi connectivity index (χ3n) is 4.37. The van der Waals surface area contributed by atoms with E-state index in [2.05, 4.69) is 4.98 Å². The van der Waals surface area contributed by atoms with Crippen molar-refractivity contribution in [3.8, 4) is 0 Å². The number of aliphatic hydroxyl groups excluding tert-OH is 1. The molecule has 0 aliphatic carbocycles. The van der Waals surface area contributed by atoms with Gasteiger partial charge < -0.3 is 9.84 Å². The molecular weight excluding hydrogens is 288 g/mol. The van der Waals surface area contributed by atoms with Gasteiger partial charge >= 0.3 is 0 Å². The van der Waals surface area contributed by atoms with Crippen molar-refractivity contribution in [3.05, 3.63) is 65.5 Å². The van der Waals surface area contributed by atoms with Crippen LogP contribution in [0.2, 0.25) is 0 Å². The van der Waals surface area contributed by atoms with Crippen LogP contribution in [0.4, 0.5) is 8.78 Å². The van der Waals surface area contributed by atoms with Gasteiger partial charge in [0.25, 0.3) is 0 Å². The molecule has 0 saturated carbocycles. The number of nitrogens with zero attached hydrogens (tertiary/aromatic N) is 1. The van der Waals surface area contributed by atoms with E-state index in [9.17, 15) is 13.9 Å². The fourth-order valence-electron chi connectivity index (χ4n) is 3.08. The second-order valence-electron chi connectivity index (χ2n) is 5.55. The minimum atomic E-state index is -0.906. The summed E-state index contributed by atoms with van der Waals surface area (Å²) in [6.45, 7) is 0.922. The Bertz CT molecular complexity index is 642. The maximum absolute atomic E-state index is 13.7. The Morgan fingerprint density at radius 3 is 2.50 bits per heavy atom. The molecule has 0 unspecified atom stereocenters. The summed E-state index contributed by atoms with van der Waals surface area (Å²) in [6.07, 6.45) is 1.75. The van der Waals surface area contributed by atoms with Gasteiger partial charge in [0.1, 0.15) is 6.10 Å². The van der Waals surface area contributed by atoms with Gasteiger partial charge in [-0.1, -0.05) is 12.1 Å². The molecule has 2 aromatic rings. The molecule has 3 rings (SSSR count). The van der Waals surface area contributed by atoms with Crippen LogP contribution >= 0.6 is 0 Å². The van der Waals surface area contributed by atoms with Crippen molar-refractivity contribution in [2.24, 2.45) is 0 Å². The SMILES string of the molecule is O[C@H](c1ccccn1)C1(c2ccc(F)c(F)c2)CCOCC1. The van der Waals surface area contributed by atoms with Gasteiger partial charge in [0, 0.05) is 24.8 Å². The molecule has 0 amide bonds. The first-order chi connectivity index (χ1) is 10.6. The fraction of sp³-hybridized carbons (Fsp3) is 0.353. The van der Waals surface area contributed by atoms with Gasteiger partial charge in [-0.2, -0.15) is 0 Å². The lowest BCUT2D eigenvalue weighted by molar-refractivity contribution is -0.0188. The highest BCUT2D eigenvalue weighted by atomic mass is 19.2. The number of pyridine rings is 1. The molecule has 0 radical (unpaired) electrons. The van der Waals surface area contributed by atoms with Crippen LogP contribution in [-0.4, -0.2) is 23.3 Å². The minimum Gasteiger partial charge on any atom is -0.386 e. The third kappa shape index (κ3) is 2.62. The quantitative estimate of drug-likeness (QED) is 0.947. The van der Waals surface area contributed by atoms with E-state index in [4.69, 9.17) is 4.74 Å². The largest absolute Gasteiger partial charge is 0.386 e. The molecule has 1 aliphatic rings. The van der Waals surface area contributed by atoms with Gasteiger partial charge in [-0.15, -0.1) is 0 Å². The first-order valence-electron chi connectivity index (χ1n) is 7.26. The second-order valence-corrected chi connectivity index (χ2v) is 5.55. The van der Waals surface area contributed by atoms with Crippen LogP contribution in [0, 0.1) is 11.6 Å². The molecule has 3 nitrogen and oxygen atoms in total. The molecule has 1 atom stereocenters. The van der Waals surface area contributed by atoms with Crippen molar-refractivity contribution < 1.29 is 18.6 Å². The molecule has 116 valence electrons. The molecule has 2 heterocycles. The van der Waals surface area contributed by atoms with Crippen LogP contribution < -0.4 is 0 Å². The molecule has 22 heavy (non-hydrogen) atoms. The standard InChI is InChI=1S/C17H17F2NO2/c18-13-5-4-12(11-14(13)19)17(6-9-22-10-7-17)16(21)15-3-1-2-8-20-15/h1-5,8,11,16,21H,6-7,9-10H2/t16-/m1/s1. The first kappa shape index (κ1) is 15.1. The molecule has 1 aliphatic heterocycles. The Labute approximate surface area is 127 Å². The predicted molar refractivity (Wildman–Crippen MR) is 77.3 cm³/mol. The number of hydrogen-bond donors (Lipinski definition) is 1. The van der Waals surface area contributed by atoms with Crippen LogP contribution in [-0.2, 0) is 10.2 Å². The molecule has 1 saturated heterocycles. The normalized spacial score (nSPS) is 18.9. The molecular formula is C17H17F2NO2. The van der Waals surface area contributed by atoms with Gasteiger partial charge in [0.2, 0.25) is 0 Å². The number of hydrogen-bond acceptors (Lipinski definition) is 3. The van der Waals surface area contributed by atoms with E-state index in [1.165, 1.54) is 12.1 Å². The van der Waals surface area contributed by atoms with Gasteiger partial charge in [0.15, 0.2) is 11.6 Å². The lowest BCUT2D eigenvalue weighted by Crippen LogP contribution is -2.40. The van der Waals surface area contributed by atoms with Gasteiger partial charge in [0.05, 0.1) is 5.69 Å². The summed E-state index contributed by atoms with van der Waals surface area (Å²) in [5.41, 5.74) is 0.378. The van der Waals surface area contributed by atoms with Gasteiger partial charge in [-0.3, -0.25) is 4.98 Å². The summed E-state index contributed by atoms with van der Waals surface area (Å²) < 4.78 is 32.3. The minimum absolute atomic E-state index is 0.461. The van der Waals surface area contributed by atoms with E-state index >= 15 is 0 Å². The summed E-state index contributed by atoms with van der Waals surface area (Å²) in [6, 6.07) is 9.12. The zero-order valence-electron chi connectivity index (χ0n) is 12.0. The Hall–Kier alpha value is -1.85. The maximum atomic E-state index is 13.7. The van der Waals surface area contributed by atoms with E-state index < -0.39 is 23.2 Å². The number of rotatable bonds is 3. The predicted octanol–water partition coefficient (Wildman–Crippen LogP) is 3.14. The molecule has 1 fully saturated rings. The van der Waals surface area contributed by atoms with Crippen molar-refractivity contribution in [2.75, 3.05) is 13.2 Å². The summed E-state index contributed by atoms with van der Waals surface area (Å²) in [7, 11) is 0. The van der Waals surface area contributed by atoms with Crippen LogP contribution in [0.1, 0.15) is 30.2 Å². The highest BCUT2D eigenvalue weighted by Crippen LogP contribution is 2.44. The average molecular weight is 305 g/mol. The topological polar surface area (TPSA) is 42.4 Å². The van der Waals surface area contributed by atoms with E-state index in [0.29, 0.717) is 37.3 Å². The smallest absolute Gasteiger partial charge is 0.159 e. The van der Waals surface area contributed by atoms with Crippen molar-refractivity contribution in [1.29, 1.82) is 0 Å². The number of ether oxygens (including phenoxy) is 1. The third-order valence-corrected chi connectivity index (χ3v) is 4.37. The summed E-state index contributed by atoms with van der Waals surface area (Å²) in [5, 5.41) is 10.9. The van der Waals surface area contributed by atoms with E-state index in [0.717, 1.165) is 6.07 Å². The van der Waals surface area contributed by atoms with Crippen LogP contribution in [0.25, 0.3) is 0 Å². The number of aromatic nitrogens is 1. The van der Waals surface area contributed by atoms with Crippen molar-refractivity contribution in [2.45, 2.75) is 24.4 Å². The Kier molecular flexibility index (Phi) is 4.18. The highest BCUT2D eigenvalue weighted by molar-refractivity contribution is 5.31. The van der Waals surface area contributed by atoms with Crippen LogP contribution in [0.15, 0.2) is 42.6 Å². The van der Waals surface area contributed by atoms with E-state index in [-0.39, 0.29) is 0 Å². The van der Waals surface area contributed by atoms with Gasteiger partial charge in [-0.25, -0.2) is 8.78 Å². The maximum Gasteiger partial charge on any atom is 0.159 e. The molecule has 1 aromatic heterocycles. The van der Waals surface area contributed by atoms with E-state index in [1.807, 2.05) is 0 Å². The van der Waals surface area contributed by atoms with Crippen LogP contribution in [0.5, 0.6) is 0 Å². The molecule has 5 heteroatoms. The number of halogens is 2. The van der Waals surface area contributed by atoms with E-state index in [1.54, 1.807) is 24.4 Å². The molecule has 1 N–H and O–H groups in total. The van der Waals surface area contributed by atoms with Gasteiger partial charge in [-0.05, 0) is 42.7 Å². The molecule has 1 aromatic carbocycles. The van der Waals surface area contributed by atoms with Crippen molar-refractivity contribution in [1.82, 2.24) is 4.98 Å². The summed E-state index contributed by atoms with van der Waals surface area (Å²) >= 11 is 0. The molecule has 0 bridgehead atoms. The number of aliphatic hydroxyl groups is 1. The zero-order valence-corrected chi connectivity index (χ0v) is 12.0. The summed E-state index contributed by atoms with van der Waals surface area (Å²) in [4.78, 5) is 4.21.